The van der Waals surface area contributed by atoms with Gasteiger partial charge < -0.3 is 5.11 Å². The summed E-state index contributed by atoms with van der Waals surface area (Å²) in [6.45, 7) is 3.92. The van der Waals surface area contributed by atoms with Gasteiger partial charge in [0, 0.05) is 15.9 Å². The van der Waals surface area contributed by atoms with Gasteiger partial charge in [-0.05, 0) is 48.8 Å². The van der Waals surface area contributed by atoms with Crippen molar-refractivity contribution in [2.45, 2.75) is 18.7 Å². The topological polar surface area (TPSA) is 119 Å². The molecule has 0 radical (unpaired) electrons. The SMILES string of the molecule is CCN=[N+](Nc1cc(Cl)ccc1C)c1ccc(S(=O)(=O)O)cc1C(=O)O. The molecule has 26 heavy (non-hydrogen) atoms. The summed E-state index contributed by atoms with van der Waals surface area (Å²) in [5.41, 5.74) is 4.17. The van der Waals surface area contributed by atoms with E-state index in [0.717, 1.165) is 17.7 Å². The molecule has 0 aliphatic heterocycles. The molecule has 0 spiro atoms. The zero-order valence-corrected chi connectivity index (χ0v) is 15.5. The summed E-state index contributed by atoms with van der Waals surface area (Å²) in [6, 6.07) is 8.38. The van der Waals surface area contributed by atoms with Crippen molar-refractivity contribution in [1.82, 2.24) is 0 Å². The number of carboxylic acids is 1. The second-order valence-electron chi connectivity index (χ2n) is 5.30. The average Bonchev–Trinajstić information content (AvgIpc) is 2.56. The number of benzene rings is 2. The van der Waals surface area contributed by atoms with Gasteiger partial charge in [0.15, 0.2) is 0 Å². The van der Waals surface area contributed by atoms with Crippen LogP contribution in [0.5, 0.6) is 0 Å². The van der Waals surface area contributed by atoms with E-state index in [1.54, 1.807) is 25.1 Å². The monoisotopic (exact) mass is 398 g/mol. The highest BCUT2D eigenvalue weighted by Gasteiger charge is 2.26. The molecule has 0 aromatic heterocycles. The molecule has 0 saturated heterocycles. The van der Waals surface area contributed by atoms with Crippen LogP contribution in [0.15, 0.2) is 46.4 Å². The van der Waals surface area contributed by atoms with Crippen LogP contribution in [-0.2, 0) is 10.1 Å². The van der Waals surface area contributed by atoms with Crippen LogP contribution in [-0.4, -0.2) is 35.4 Å². The molecule has 0 fully saturated rings. The van der Waals surface area contributed by atoms with Crippen molar-refractivity contribution < 1.29 is 27.7 Å². The Hall–Kier alpha value is -2.49. The number of anilines is 1. The molecular formula is C16H17ClN3O5S+. The molecule has 0 saturated carbocycles. The van der Waals surface area contributed by atoms with E-state index < -0.39 is 21.0 Å². The first kappa shape index (κ1) is 19.8. The molecule has 2 aromatic carbocycles. The van der Waals surface area contributed by atoms with Gasteiger partial charge >= 0.3 is 5.97 Å². The Kier molecular flexibility index (Phi) is 5.96. The molecule has 2 aromatic rings. The molecule has 10 heteroatoms. The van der Waals surface area contributed by atoms with Crippen molar-refractivity contribution in [3.05, 3.63) is 52.5 Å². The highest BCUT2D eigenvalue weighted by Crippen LogP contribution is 2.26. The van der Waals surface area contributed by atoms with Crippen molar-refractivity contribution in [3.63, 3.8) is 0 Å². The second kappa shape index (κ2) is 7.81. The quantitative estimate of drug-likeness (QED) is 0.295. The molecule has 0 bridgehead atoms. The van der Waals surface area contributed by atoms with E-state index in [9.17, 15) is 18.3 Å². The smallest absolute Gasteiger partial charge is 0.342 e. The van der Waals surface area contributed by atoms with E-state index in [1.165, 1.54) is 10.9 Å². The van der Waals surface area contributed by atoms with Gasteiger partial charge in [-0.25, -0.2) is 4.79 Å². The van der Waals surface area contributed by atoms with Crippen LogP contribution in [0.25, 0.3) is 0 Å². The van der Waals surface area contributed by atoms with Crippen molar-refractivity contribution in [2.24, 2.45) is 5.11 Å². The van der Waals surface area contributed by atoms with E-state index in [4.69, 9.17) is 16.2 Å². The Labute approximate surface area is 155 Å². The molecule has 2 rings (SSSR count). The molecule has 8 nitrogen and oxygen atoms in total. The van der Waals surface area contributed by atoms with E-state index in [0.29, 0.717) is 17.3 Å². The summed E-state index contributed by atoms with van der Waals surface area (Å²) in [5, 5.41) is 14.1. The van der Waals surface area contributed by atoms with E-state index >= 15 is 0 Å². The fourth-order valence-electron chi connectivity index (χ4n) is 2.17. The first-order valence-corrected chi connectivity index (χ1v) is 9.30. The Bertz CT molecular complexity index is 989. The van der Waals surface area contributed by atoms with Crippen LogP contribution in [0, 0.1) is 6.92 Å². The number of nitrogens with zero attached hydrogens (tertiary/aromatic N) is 2. The van der Waals surface area contributed by atoms with Crippen molar-refractivity contribution in [3.8, 4) is 0 Å². The fraction of sp³-hybridized carbons (Fsp3) is 0.188. The maximum atomic E-state index is 11.6. The maximum absolute atomic E-state index is 11.6. The zero-order valence-electron chi connectivity index (χ0n) is 14.0. The van der Waals surface area contributed by atoms with Crippen LogP contribution in [0.1, 0.15) is 22.8 Å². The van der Waals surface area contributed by atoms with Crippen molar-refractivity contribution in [1.29, 1.82) is 0 Å². The number of azo groups is 1. The predicted octanol–water partition coefficient (Wildman–Crippen LogP) is 3.74. The normalized spacial score (nSPS) is 12.1. The summed E-state index contributed by atoms with van der Waals surface area (Å²) in [6.07, 6.45) is 0. The van der Waals surface area contributed by atoms with Gasteiger partial charge in [-0.15, -0.1) is 5.43 Å². The maximum Gasteiger partial charge on any atom is 0.342 e. The predicted molar refractivity (Wildman–Crippen MR) is 95.9 cm³/mol. The van der Waals surface area contributed by atoms with Gasteiger partial charge in [-0.1, -0.05) is 17.7 Å². The Morgan fingerprint density at radius 1 is 1.27 bits per heavy atom. The molecule has 0 amide bonds. The second-order valence-corrected chi connectivity index (χ2v) is 7.16. The number of aromatic carboxylic acids is 1. The minimum absolute atomic E-state index is 0.103. The van der Waals surface area contributed by atoms with Gasteiger partial charge in [0.2, 0.25) is 0 Å². The Morgan fingerprint density at radius 3 is 2.54 bits per heavy atom. The van der Waals surface area contributed by atoms with Crippen LogP contribution >= 0.6 is 11.6 Å². The van der Waals surface area contributed by atoms with Gasteiger partial charge in [-0.3, -0.25) is 4.55 Å². The van der Waals surface area contributed by atoms with E-state index in [-0.39, 0.29) is 11.3 Å². The lowest BCUT2D eigenvalue weighted by Crippen LogP contribution is -2.17. The lowest BCUT2D eigenvalue weighted by atomic mass is 10.2. The van der Waals surface area contributed by atoms with Crippen LogP contribution in [0.2, 0.25) is 5.02 Å². The number of carboxylic acid groups (broad SMARTS) is 1. The van der Waals surface area contributed by atoms with Gasteiger partial charge in [0.25, 0.3) is 15.8 Å². The molecule has 0 heterocycles. The van der Waals surface area contributed by atoms with Crippen LogP contribution in [0.3, 0.4) is 0 Å². The first-order chi connectivity index (χ1) is 12.1. The number of carbonyl (C=O) groups is 1. The minimum Gasteiger partial charge on any atom is -0.477 e. The summed E-state index contributed by atoms with van der Waals surface area (Å²) >= 11 is 6.00. The summed E-state index contributed by atoms with van der Waals surface area (Å²) in [5.74, 6) is -1.37. The summed E-state index contributed by atoms with van der Waals surface area (Å²) < 4.78 is 31.7. The number of hydrogen-bond acceptors (Lipinski definition) is 4. The standard InChI is InChI=1S/C16H16ClN3O5S/c1-3-18-20(19-14-8-11(17)5-4-10(14)2)15-7-6-12(26(23,24)25)9-13(15)16(21)22/h4-9H,3H2,1-2H3,(H2-,18,19,21,22,23,24,25)/p+1. The fourth-order valence-corrected chi connectivity index (χ4v) is 2.85. The zero-order chi connectivity index (χ0) is 19.5. The van der Waals surface area contributed by atoms with Crippen LogP contribution < -0.4 is 5.43 Å². The highest BCUT2D eigenvalue weighted by atomic mass is 35.5. The average molecular weight is 399 g/mol. The summed E-state index contributed by atoms with van der Waals surface area (Å²) in [7, 11) is -4.54. The number of rotatable bonds is 6. The molecule has 0 atom stereocenters. The number of hydrazine groups is 1. The molecular weight excluding hydrogens is 382 g/mol. The molecule has 0 aliphatic carbocycles. The Balaban J connectivity index is 2.59. The molecule has 138 valence electrons. The first-order valence-electron chi connectivity index (χ1n) is 7.48. The van der Waals surface area contributed by atoms with Crippen molar-refractivity contribution >= 4 is 39.1 Å². The van der Waals surface area contributed by atoms with E-state index in [1.807, 2.05) is 6.92 Å². The van der Waals surface area contributed by atoms with Crippen molar-refractivity contribution in [2.75, 3.05) is 12.0 Å². The minimum atomic E-state index is -4.54. The number of hydrogen-bond donors (Lipinski definition) is 3. The third-order valence-corrected chi connectivity index (χ3v) is 4.52. The lowest BCUT2D eigenvalue weighted by molar-refractivity contribution is -0.482. The number of nitrogens with one attached hydrogen (secondary N) is 1. The lowest BCUT2D eigenvalue weighted by Gasteiger charge is -2.08. The van der Waals surface area contributed by atoms with Gasteiger partial charge in [0.1, 0.15) is 17.8 Å². The number of halogens is 1. The molecule has 0 aliphatic rings. The van der Waals surface area contributed by atoms with Gasteiger partial charge in [-0.2, -0.15) is 8.42 Å². The third-order valence-electron chi connectivity index (χ3n) is 3.43. The molecule has 3 N–H and O–H groups in total. The van der Waals surface area contributed by atoms with Gasteiger partial charge in [0.05, 0.1) is 4.90 Å². The molecule has 0 unspecified atom stereocenters. The number of aryl methyl sites for hydroxylation is 1. The Morgan fingerprint density at radius 2 is 1.96 bits per heavy atom. The summed E-state index contributed by atoms with van der Waals surface area (Å²) in [4.78, 5) is 12.3. The van der Waals surface area contributed by atoms with E-state index in [2.05, 4.69) is 10.5 Å². The third kappa shape index (κ3) is 4.57. The van der Waals surface area contributed by atoms with Crippen LogP contribution in [0.4, 0.5) is 11.4 Å². The largest absolute Gasteiger partial charge is 0.477 e. The highest BCUT2D eigenvalue weighted by molar-refractivity contribution is 7.85.